The van der Waals surface area contributed by atoms with Crippen LogP contribution in [0.5, 0.6) is 17.2 Å². The van der Waals surface area contributed by atoms with Crippen LogP contribution in [0.15, 0.2) is 42.5 Å². The van der Waals surface area contributed by atoms with E-state index in [4.69, 9.17) is 14.2 Å². The summed E-state index contributed by atoms with van der Waals surface area (Å²) in [6, 6.07) is 12.0. The molecule has 3 rings (SSSR count). The van der Waals surface area contributed by atoms with Crippen LogP contribution in [0.25, 0.3) is 0 Å². The summed E-state index contributed by atoms with van der Waals surface area (Å²) in [5, 5.41) is 17.4. The lowest BCUT2D eigenvalue weighted by Gasteiger charge is -2.26. The topological polar surface area (TPSA) is 106 Å². The highest BCUT2D eigenvalue weighted by molar-refractivity contribution is 5.96. The van der Waals surface area contributed by atoms with E-state index >= 15 is 0 Å². The maximum atomic E-state index is 12.7. The minimum atomic E-state index is -0.893. The number of ether oxygens (including phenoxy) is 3. The second-order valence-corrected chi connectivity index (χ2v) is 9.29. The summed E-state index contributed by atoms with van der Waals surface area (Å²) in [6.07, 6.45) is 4.16. The van der Waals surface area contributed by atoms with Crippen LogP contribution in [0.4, 0.5) is 0 Å². The molecule has 0 unspecified atom stereocenters. The smallest absolute Gasteiger partial charge is 0.220 e. The van der Waals surface area contributed by atoms with Crippen molar-refractivity contribution >= 4 is 11.7 Å². The second kappa shape index (κ2) is 16.7. The van der Waals surface area contributed by atoms with Crippen molar-refractivity contribution in [2.24, 2.45) is 0 Å². The summed E-state index contributed by atoms with van der Waals surface area (Å²) in [6.45, 7) is 4.37. The zero-order chi connectivity index (χ0) is 26.5. The molecule has 8 heteroatoms. The van der Waals surface area contributed by atoms with Crippen LogP contribution in [-0.2, 0) is 4.79 Å². The quantitative estimate of drug-likeness (QED) is 0.211. The van der Waals surface area contributed by atoms with Crippen LogP contribution in [0, 0.1) is 0 Å². The molecule has 0 saturated carbocycles. The number of benzene rings is 2. The van der Waals surface area contributed by atoms with Gasteiger partial charge >= 0.3 is 0 Å². The minimum Gasteiger partial charge on any atom is -0.497 e. The van der Waals surface area contributed by atoms with Crippen LogP contribution in [0.3, 0.4) is 0 Å². The molecule has 1 aliphatic heterocycles. The van der Waals surface area contributed by atoms with Crippen molar-refractivity contribution in [3.8, 4) is 17.2 Å². The summed E-state index contributed by atoms with van der Waals surface area (Å²) in [5.74, 6) is 1.97. The van der Waals surface area contributed by atoms with Crippen molar-refractivity contribution in [3.63, 3.8) is 0 Å². The van der Waals surface area contributed by atoms with Gasteiger partial charge in [0.25, 0.3) is 0 Å². The van der Waals surface area contributed by atoms with Crippen LogP contribution >= 0.6 is 0 Å². The normalized spacial score (nSPS) is 13.7. The number of Topliss-reactive ketones (excluding diaryl/α,β-unsaturated/α-hetero) is 1. The summed E-state index contributed by atoms with van der Waals surface area (Å²) in [5.41, 5.74) is 1.34. The average molecular weight is 529 g/mol. The summed E-state index contributed by atoms with van der Waals surface area (Å²) in [7, 11) is 1.59. The summed E-state index contributed by atoms with van der Waals surface area (Å²) < 4.78 is 16.4. The van der Waals surface area contributed by atoms with E-state index in [1.54, 1.807) is 43.5 Å². The van der Waals surface area contributed by atoms with E-state index in [1.807, 2.05) is 6.07 Å². The number of ketones is 1. The van der Waals surface area contributed by atoms with Gasteiger partial charge in [-0.1, -0.05) is 33.3 Å². The lowest BCUT2D eigenvalue weighted by Crippen LogP contribution is -2.46. The van der Waals surface area contributed by atoms with Gasteiger partial charge in [-0.3, -0.25) is 9.59 Å². The third-order valence-corrected chi connectivity index (χ3v) is 6.43. The Morgan fingerprint density at radius 2 is 1.68 bits per heavy atom. The van der Waals surface area contributed by atoms with E-state index in [9.17, 15) is 14.7 Å². The molecule has 8 nitrogen and oxygen atoms in total. The Hall–Kier alpha value is -3.10. The molecule has 0 spiro atoms. The number of aliphatic hydroxyl groups excluding tert-OH is 1. The molecule has 0 radical (unpaired) electrons. The first-order chi connectivity index (χ1) is 18.0. The predicted molar refractivity (Wildman–Crippen MR) is 149 cm³/mol. The third kappa shape index (κ3) is 9.65. The van der Waals surface area contributed by atoms with E-state index < -0.39 is 12.1 Å². The van der Waals surface area contributed by atoms with Crippen molar-refractivity contribution in [1.29, 1.82) is 0 Å². The number of nitrogens with one attached hydrogen (secondary N) is 2. The monoisotopic (exact) mass is 528 g/mol. The first-order valence-corrected chi connectivity index (χ1v) is 13.3. The highest BCUT2D eigenvalue weighted by atomic mass is 16.6. The lowest BCUT2D eigenvalue weighted by atomic mass is 10.0. The van der Waals surface area contributed by atoms with Crippen molar-refractivity contribution in [2.45, 2.75) is 71.4 Å². The molecule has 0 fully saturated rings. The van der Waals surface area contributed by atoms with Crippen molar-refractivity contribution in [2.75, 3.05) is 33.4 Å². The number of carbonyl (C=O) groups excluding carboxylic acids is 2. The third-order valence-electron chi connectivity index (χ3n) is 6.43. The average Bonchev–Trinajstić information content (AvgIpc) is 2.93. The Kier molecular flexibility index (Phi) is 13.7. The molecule has 2 atom stereocenters. The first kappa shape index (κ1) is 31.1. The Morgan fingerprint density at radius 3 is 2.39 bits per heavy atom. The molecule has 0 saturated heterocycles. The van der Waals surface area contributed by atoms with Crippen LogP contribution in [0.2, 0.25) is 0 Å². The van der Waals surface area contributed by atoms with E-state index in [2.05, 4.69) is 17.6 Å². The fourth-order valence-electron chi connectivity index (χ4n) is 4.23. The Morgan fingerprint density at radius 1 is 0.974 bits per heavy atom. The van der Waals surface area contributed by atoms with Gasteiger partial charge in [-0.25, -0.2) is 0 Å². The standard InChI is InChI=1S/C29H40N2O6.CH4/c1-3-4-16-30-20-24(29(34)22-12-15-26-27(19-22)37-18-17-36-26)31-28(33)9-7-5-6-8-25(32)21-10-13-23(35-2)14-11-21;/h10-15,19,24,29-30,34H,3-9,16-18,20H2,1-2H3,(H,31,33);1H4/t24-,29-;/m1./s1. The molecule has 1 amide bonds. The Labute approximate surface area is 227 Å². The molecule has 2 aromatic carbocycles. The summed E-state index contributed by atoms with van der Waals surface area (Å²) in [4.78, 5) is 25.1. The zero-order valence-electron chi connectivity index (χ0n) is 22.0. The number of amides is 1. The number of carbonyl (C=O) groups is 2. The Bertz CT molecular complexity index is 995. The molecule has 1 aliphatic rings. The van der Waals surface area contributed by atoms with Crippen molar-refractivity contribution in [1.82, 2.24) is 10.6 Å². The van der Waals surface area contributed by atoms with Crippen LogP contribution < -0.4 is 24.8 Å². The van der Waals surface area contributed by atoms with Crippen LogP contribution in [0.1, 0.15) is 81.3 Å². The number of unbranched alkanes of at least 4 members (excludes halogenated alkanes) is 3. The first-order valence-electron chi connectivity index (χ1n) is 13.3. The number of rotatable bonds is 16. The van der Waals surface area contributed by atoms with E-state index in [0.717, 1.165) is 38.0 Å². The van der Waals surface area contributed by atoms with Gasteiger partial charge in [-0.2, -0.15) is 0 Å². The largest absolute Gasteiger partial charge is 0.497 e. The SMILES string of the molecule is C.CCCCNC[C@@H](NC(=O)CCCCCC(=O)c1ccc(OC)cc1)[C@H](O)c1ccc2c(c1)OCCO2. The minimum absolute atomic E-state index is 0. The van der Waals surface area contributed by atoms with Gasteiger partial charge in [-0.15, -0.1) is 0 Å². The fourth-order valence-corrected chi connectivity index (χ4v) is 4.23. The number of hydrogen-bond acceptors (Lipinski definition) is 7. The molecule has 210 valence electrons. The maximum Gasteiger partial charge on any atom is 0.220 e. The van der Waals surface area contributed by atoms with E-state index in [0.29, 0.717) is 61.6 Å². The predicted octanol–water partition coefficient (Wildman–Crippen LogP) is 4.84. The molecule has 0 aliphatic carbocycles. The van der Waals surface area contributed by atoms with Gasteiger partial charge in [0.1, 0.15) is 25.1 Å². The second-order valence-electron chi connectivity index (χ2n) is 9.29. The van der Waals surface area contributed by atoms with Gasteiger partial charge < -0.3 is 30.0 Å². The van der Waals surface area contributed by atoms with Crippen LogP contribution in [-0.4, -0.2) is 56.3 Å². The molecule has 38 heavy (non-hydrogen) atoms. The van der Waals surface area contributed by atoms with Gasteiger partial charge in [0, 0.05) is 24.9 Å². The molecule has 3 N–H and O–H groups in total. The van der Waals surface area contributed by atoms with Gasteiger partial charge in [0.2, 0.25) is 5.91 Å². The number of fused-ring (bicyclic) bond motifs is 1. The number of hydrogen-bond donors (Lipinski definition) is 3. The Balaban J connectivity index is 0.00000507. The van der Waals surface area contributed by atoms with Gasteiger partial charge in [-0.05, 0) is 67.8 Å². The zero-order valence-corrected chi connectivity index (χ0v) is 22.0. The van der Waals surface area contributed by atoms with Gasteiger partial charge in [0.05, 0.1) is 13.2 Å². The molecule has 0 aromatic heterocycles. The van der Waals surface area contributed by atoms with E-state index in [1.165, 1.54) is 0 Å². The molecular formula is C30H44N2O6. The molecular weight excluding hydrogens is 484 g/mol. The highest BCUT2D eigenvalue weighted by Crippen LogP contribution is 2.33. The summed E-state index contributed by atoms with van der Waals surface area (Å²) >= 11 is 0. The van der Waals surface area contributed by atoms with Crippen molar-refractivity contribution in [3.05, 3.63) is 53.6 Å². The maximum absolute atomic E-state index is 12.7. The van der Waals surface area contributed by atoms with Gasteiger partial charge in [0.15, 0.2) is 17.3 Å². The van der Waals surface area contributed by atoms with Crippen molar-refractivity contribution < 1.29 is 28.9 Å². The molecule has 1 heterocycles. The fraction of sp³-hybridized carbons (Fsp3) is 0.533. The highest BCUT2D eigenvalue weighted by Gasteiger charge is 2.24. The lowest BCUT2D eigenvalue weighted by molar-refractivity contribution is -0.122. The number of aliphatic hydroxyl groups is 1. The number of methoxy groups -OCH3 is 1. The molecule has 0 bridgehead atoms. The molecule has 2 aromatic rings. The van der Waals surface area contributed by atoms with E-state index in [-0.39, 0.29) is 19.1 Å².